The Labute approximate surface area is 129 Å². The molecule has 3 nitrogen and oxygen atoms in total. The fourth-order valence-electron chi connectivity index (χ4n) is 3.48. The van der Waals surface area contributed by atoms with Gasteiger partial charge in [-0.25, -0.2) is 0 Å². The van der Waals surface area contributed by atoms with Crippen molar-refractivity contribution in [3.8, 4) is 0 Å². The molecule has 2 aliphatic heterocycles. The van der Waals surface area contributed by atoms with Crippen LogP contribution in [-0.4, -0.2) is 31.1 Å². The van der Waals surface area contributed by atoms with E-state index in [1.54, 1.807) is 5.56 Å². The van der Waals surface area contributed by atoms with E-state index in [0.717, 1.165) is 31.2 Å². The molecule has 0 radical (unpaired) electrons. The molecule has 2 heterocycles. The van der Waals surface area contributed by atoms with E-state index >= 15 is 0 Å². The molecule has 0 spiro atoms. The minimum absolute atomic E-state index is 0.722. The summed E-state index contributed by atoms with van der Waals surface area (Å²) in [6.45, 7) is 9.89. The number of likely N-dealkylation sites (tertiary alicyclic amines) is 1. The number of benzene rings is 1. The van der Waals surface area contributed by atoms with Gasteiger partial charge in [0.1, 0.15) is 0 Å². The van der Waals surface area contributed by atoms with Gasteiger partial charge in [-0.1, -0.05) is 19.9 Å². The largest absolute Gasteiger partial charge is 0.399 e. The summed E-state index contributed by atoms with van der Waals surface area (Å²) < 4.78 is 0. The van der Waals surface area contributed by atoms with Crippen LogP contribution in [-0.2, 0) is 6.54 Å². The molecule has 3 rings (SSSR count). The molecule has 0 amide bonds. The number of nitrogens with zero attached hydrogens (tertiary/aromatic N) is 1. The van der Waals surface area contributed by atoms with Gasteiger partial charge in [0.05, 0.1) is 0 Å². The number of nitrogen functional groups attached to an aromatic ring is 1. The molecule has 0 atom stereocenters. The molecule has 3 N–H and O–H groups in total. The molecule has 0 bridgehead atoms. The highest BCUT2D eigenvalue weighted by Crippen LogP contribution is 2.30. The number of nitrogens with one attached hydrogen (secondary N) is 1. The molecule has 0 aliphatic carbocycles. The fourth-order valence-corrected chi connectivity index (χ4v) is 3.48. The van der Waals surface area contributed by atoms with Gasteiger partial charge in [0.25, 0.3) is 0 Å². The van der Waals surface area contributed by atoms with E-state index in [1.807, 2.05) is 13.8 Å². The van der Waals surface area contributed by atoms with Crippen LogP contribution in [0.15, 0.2) is 18.2 Å². The lowest BCUT2D eigenvalue weighted by Crippen LogP contribution is -2.28. The fraction of sp³-hybridized carbons (Fsp3) is 0.667. The third kappa shape index (κ3) is 4.45. The van der Waals surface area contributed by atoms with Crippen LogP contribution < -0.4 is 11.1 Å². The smallest absolute Gasteiger partial charge is 0.0317 e. The van der Waals surface area contributed by atoms with Gasteiger partial charge in [0.15, 0.2) is 0 Å². The van der Waals surface area contributed by atoms with Gasteiger partial charge in [0.2, 0.25) is 0 Å². The summed E-state index contributed by atoms with van der Waals surface area (Å²) >= 11 is 0. The minimum atomic E-state index is 0.722. The van der Waals surface area contributed by atoms with Crippen LogP contribution in [0.2, 0.25) is 0 Å². The molecule has 21 heavy (non-hydrogen) atoms. The molecular weight excluding hydrogens is 258 g/mol. The summed E-state index contributed by atoms with van der Waals surface area (Å²) in [5, 5.41) is 3.45. The standard InChI is InChI=1S/C16H25N3.C2H6/c17-15-3-4-16(13-5-7-18-8-6-13)14(11-15)12-19-9-1-2-10-19;1-2/h3-4,11,13,18H,1-2,5-10,12,17H2;1-2H3. The molecule has 0 unspecified atom stereocenters. The first-order valence-corrected chi connectivity index (χ1v) is 8.64. The molecule has 1 aromatic rings. The molecule has 2 saturated heterocycles. The van der Waals surface area contributed by atoms with Crippen molar-refractivity contribution in [2.45, 2.75) is 52.0 Å². The monoisotopic (exact) mass is 289 g/mol. The second-order valence-electron chi connectivity index (χ2n) is 5.97. The van der Waals surface area contributed by atoms with Gasteiger partial charge in [-0.2, -0.15) is 0 Å². The van der Waals surface area contributed by atoms with Gasteiger partial charge in [-0.15, -0.1) is 0 Å². The van der Waals surface area contributed by atoms with E-state index in [4.69, 9.17) is 5.73 Å². The summed E-state index contributed by atoms with van der Waals surface area (Å²) in [6, 6.07) is 6.55. The molecule has 2 fully saturated rings. The average molecular weight is 289 g/mol. The third-order valence-electron chi connectivity index (χ3n) is 4.54. The van der Waals surface area contributed by atoms with Crippen molar-refractivity contribution < 1.29 is 0 Å². The Morgan fingerprint density at radius 1 is 1.14 bits per heavy atom. The van der Waals surface area contributed by atoms with Gasteiger partial charge < -0.3 is 11.1 Å². The van der Waals surface area contributed by atoms with Crippen molar-refractivity contribution in [2.24, 2.45) is 0 Å². The minimum Gasteiger partial charge on any atom is -0.399 e. The Balaban J connectivity index is 0.000000774. The maximum atomic E-state index is 6.00. The van der Waals surface area contributed by atoms with Gasteiger partial charge >= 0.3 is 0 Å². The Bertz CT molecular complexity index is 418. The normalized spacial score (nSPS) is 20.1. The highest BCUT2D eigenvalue weighted by atomic mass is 15.1. The predicted octanol–water partition coefficient (Wildman–Crippen LogP) is 3.36. The summed E-state index contributed by atoms with van der Waals surface area (Å²) in [4.78, 5) is 2.57. The van der Waals surface area contributed by atoms with E-state index in [1.165, 1.54) is 44.3 Å². The lowest BCUT2D eigenvalue weighted by molar-refractivity contribution is 0.328. The molecule has 118 valence electrons. The quantitative estimate of drug-likeness (QED) is 0.838. The van der Waals surface area contributed by atoms with Gasteiger partial charge in [-0.05, 0) is 81.0 Å². The lowest BCUT2D eigenvalue weighted by atomic mass is 9.86. The Morgan fingerprint density at radius 2 is 1.81 bits per heavy atom. The van der Waals surface area contributed by atoms with Crippen LogP contribution >= 0.6 is 0 Å². The zero-order chi connectivity index (χ0) is 15.1. The van der Waals surface area contributed by atoms with E-state index in [2.05, 4.69) is 28.4 Å². The van der Waals surface area contributed by atoms with Crippen molar-refractivity contribution in [3.63, 3.8) is 0 Å². The lowest BCUT2D eigenvalue weighted by Gasteiger charge is -2.27. The Morgan fingerprint density at radius 3 is 2.48 bits per heavy atom. The Kier molecular flexibility index (Phi) is 6.52. The van der Waals surface area contributed by atoms with Crippen molar-refractivity contribution >= 4 is 5.69 Å². The second kappa shape index (κ2) is 8.40. The van der Waals surface area contributed by atoms with E-state index < -0.39 is 0 Å². The topological polar surface area (TPSA) is 41.3 Å². The highest BCUT2D eigenvalue weighted by molar-refractivity contribution is 5.46. The van der Waals surface area contributed by atoms with Crippen LogP contribution in [0.4, 0.5) is 5.69 Å². The molecule has 1 aromatic carbocycles. The van der Waals surface area contributed by atoms with Crippen LogP contribution in [0, 0.1) is 0 Å². The first kappa shape index (κ1) is 16.3. The Hall–Kier alpha value is -1.06. The summed E-state index contributed by atoms with van der Waals surface area (Å²) in [5.74, 6) is 0.722. The predicted molar refractivity (Wildman–Crippen MR) is 91.6 cm³/mol. The number of hydrogen-bond donors (Lipinski definition) is 2. The second-order valence-corrected chi connectivity index (χ2v) is 5.97. The first-order chi connectivity index (χ1) is 10.3. The van der Waals surface area contributed by atoms with Crippen LogP contribution in [0.25, 0.3) is 0 Å². The third-order valence-corrected chi connectivity index (χ3v) is 4.54. The maximum absolute atomic E-state index is 6.00. The first-order valence-electron chi connectivity index (χ1n) is 8.64. The van der Waals surface area contributed by atoms with E-state index in [0.29, 0.717) is 0 Å². The van der Waals surface area contributed by atoms with Crippen molar-refractivity contribution in [2.75, 3.05) is 31.9 Å². The zero-order valence-corrected chi connectivity index (χ0v) is 13.7. The molecule has 0 saturated carbocycles. The molecule has 0 aromatic heterocycles. The van der Waals surface area contributed by atoms with Gasteiger partial charge in [0, 0.05) is 12.2 Å². The van der Waals surface area contributed by atoms with E-state index in [9.17, 15) is 0 Å². The summed E-state index contributed by atoms with van der Waals surface area (Å²) in [5.41, 5.74) is 9.92. The maximum Gasteiger partial charge on any atom is 0.0317 e. The molecule has 3 heteroatoms. The average Bonchev–Trinajstić information content (AvgIpc) is 3.03. The van der Waals surface area contributed by atoms with Crippen molar-refractivity contribution in [3.05, 3.63) is 29.3 Å². The van der Waals surface area contributed by atoms with E-state index in [-0.39, 0.29) is 0 Å². The van der Waals surface area contributed by atoms with Crippen molar-refractivity contribution in [1.29, 1.82) is 0 Å². The molecule has 2 aliphatic rings. The highest BCUT2D eigenvalue weighted by Gasteiger charge is 2.20. The van der Waals surface area contributed by atoms with Crippen molar-refractivity contribution in [1.82, 2.24) is 10.2 Å². The number of hydrogen-bond acceptors (Lipinski definition) is 3. The number of nitrogens with two attached hydrogens (primary N) is 1. The molecular formula is C18H31N3. The summed E-state index contributed by atoms with van der Waals surface area (Å²) in [6.07, 6.45) is 5.23. The number of rotatable bonds is 3. The number of anilines is 1. The van der Waals surface area contributed by atoms with Crippen LogP contribution in [0.5, 0.6) is 0 Å². The van der Waals surface area contributed by atoms with Crippen LogP contribution in [0.1, 0.15) is 56.6 Å². The zero-order valence-electron chi connectivity index (χ0n) is 13.7. The SMILES string of the molecule is CC.Nc1ccc(C2CCNCC2)c(CN2CCCC2)c1. The number of piperidine rings is 1. The summed E-state index contributed by atoms with van der Waals surface area (Å²) in [7, 11) is 0. The van der Waals surface area contributed by atoms with Gasteiger partial charge in [-0.3, -0.25) is 4.90 Å². The van der Waals surface area contributed by atoms with Crippen LogP contribution in [0.3, 0.4) is 0 Å².